The molecule has 1 fully saturated rings. The SMILES string of the molecule is CC(C)(C)OC(=O)NCCCN1CCC(CN)(CCc2ccccc2)CC1. The first-order valence-electron chi connectivity index (χ1n) is 10.3. The predicted molar refractivity (Wildman–Crippen MR) is 111 cm³/mol. The quantitative estimate of drug-likeness (QED) is 0.682. The van der Waals surface area contributed by atoms with Crippen LogP contribution in [-0.2, 0) is 11.2 Å². The second-order valence-corrected chi connectivity index (χ2v) is 8.81. The van der Waals surface area contributed by atoms with E-state index in [1.54, 1.807) is 0 Å². The van der Waals surface area contributed by atoms with Crippen molar-refractivity contribution in [3.05, 3.63) is 35.9 Å². The van der Waals surface area contributed by atoms with Crippen molar-refractivity contribution in [2.24, 2.45) is 11.1 Å². The molecule has 1 aromatic rings. The highest BCUT2D eigenvalue weighted by atomic mass is 16.6. The van der Waals surface area contributed by atoms with Crippen LogP contribution in [0.25, 0.3) is 0 Å². The predicted octanol–water partition coefficient (Wildman–Crippen LogP) is 3.57. The zero-order valence-electron chi connectivity index (χ0n) is 17.3. The lowest BCUT2D eigenvalue weighted by atomic mass is 9.74. The number of hydrogen-bond acceptors (Lipinski definition) is 4. The molecule has 5 nitrogen and oxygen atoms in total. The lowest BCUT2D eigenvalue weighted by Gasteiger charge is -2.41. The smallest absolute Gasteiger partial charge is 0.407 e. The van der Waals surface area contributed by atoms with Gasteiger partial charge in [0, 0.05) is 6.54 Å². The van der Waals surface area contributed by atoms with Crippen molar-refractivity contribution in [2.75, 3.05) is 32.7 Å². The number of benzene rings is 1. The maximum Gasteiger partial charge on any atom is 0.407 e. The normalized spacial score (nSPS) is 17.5. The van der Waals surface area contributed by atoms with Gasteiger partial charge in [-0.15, -0.1) is 0 Å². The van der Waals surface area contributed by atoms with E-state index in [1.165, 1.54) is 12.0 Å². The Bertz CT molecular complexity index is 561. The minimum absolute atomic E-state index is 0.279. The second kappa shape index (κ2) is 10.1. The number of piperidine rings is 1. The molecular weight excluding hydrogens is 338 g/mol. The van der Waals surface area contributed by atoms with Crippen molar-refractivity contribution in [1.82, 2.24) is 10.2 Å². The Morgan fingerprint density at radius 2 is 1.89 bits per heavy atom. The van der Waals surface area contributed by atoms with Gasteiger partial charge in [0.1, 0.15) is 5.60 Å². The number of nitrogens with zero attached hydrogens (tertiary/aromatic N) is 1. The summed E-state index contributed by atoms with van der Waals surface area (Å²) in [6.45, 7) is 10.3. The Kier molecular flexibility index (Phi) is 8.11. The number of hydrogen-bond donors (Lipinski definition) is 2. The molecule has 1 aromatic carbocycles. The maximum atomic E-state index is 11.7. The molecule has 0 atom stereocenters. The van der Waals surface area contributed by atoms with Crippen LogP contribution in [0.1, 0.15) is 52.0 Å². The van der Waals surface area contributed by atoms with Gasteiger partial charge < -0.3 is 20.7 Å². The summed E-state index contributed by atoms with van der Waals surface area (Å²) < 4.78 is 5.26. The molecule has 0 radical (unpaired) electrons. The van der Waals surface area contributed by atoms with Crippen LogP contribution >= 0.6 is 0 Å². The van der Waals surface area contributed by atoms with E-state index in [0.29, 0.717) is 6.54 Å². The van der Waals surface area contributed by atoms with Crippen LogP contribution in [0, 0.1) is 5.41 Å². The molecule has 1 aliphatic rings. The summed E-state index contributed by atoms with van der Waals surface area (Å²) in [6.07, 6.45) is 5.22. The zero-order chi connectivity index (χ0) is 19.8. The molecule has 0 bridgehead atoms. The van der Waals surface area contributed by atoms with E-state index in [0.717, 1.165) is 51.9 Å². The van der Waals surface area contributed by atoms with Crippen LogP contribution in [0.15, 0.2) is 30.3 Å². The molecule has 0 saturated carbocycles. The Balaban J connectivity index is 1.65. The van der Waals surface area contributed by atoms with Crippen LogP contribution in [0.2, 0.25) is 0 Å². The van der Waals surface area contributed by atoms with E-state index >= 15 is 0 Å². The molecule has 3 N–H and O–H groups in total. The van der Waals surface area contributed by atoms with Gasteiger partial charge in [-0.25, -0.2) is 4.79 Å². The van der Waals surface area contributed by atoms with Gasteiger partial charge in [0.25, 0.3) is 0 Å². The summed E-state index contributed by atoms with van der Waals surface area (Å²) in [6, 6.07) is 10.7. The van der Waals surface area contributed by atoms with Gasteiger partial charge in [-0.3, -0.25) is 0 Å². The molecule has 1 aliphatic heterocycles. The molecule has 0 aromatic heterocycles. The number of amides is 1. The Morgan fingerprint density at radius 1 is 1.22 bits per heavy atom. The number of carbonyl (C=O) groups is 1. The molecule has 1 heterocycles. The Labute approximate surface area is 164 Å². The van der Waals surface area contributed by atoms with Crippen molar-refractivity contribution in [1.29, 1.82) is 0 Å². The van der Waals surface area contributed by atoms with Crippen LogP contribution in [-0.4, -0.2) is 49.3 Å². The molecule has 27 heavy (non-hydrogen) atoms. The van der Waals surface area contributed by atoms with E-state index in [2.05, 4.69) is 40.5 Å². The number of alkyl carbamates (subject to hydrolysis) is 1. The first kappa shape index (κ1) is 21.7. The molecular formula is C22H37N3O2. The van der Waals surface area contributed by atoms with E-state index in [-0.39, 0.29) is 11.5 Å². The van der Waals surface area contributed by atoms with Crippen molar-refractivity contribution in [2.45, 2.75) is 58.5 Å². The van der Waals surface area contributed by atoms with Crippen LogP contribution in [0.4, 0.5) is 4.79 Å². The third-order valence-electron chi connectivity index (χ3n) is 5.46. The minimum atomic E-state index is -0.442. The summed E-state index contributed by atoms with van der Waals surface area (Å²) >= 11 is 0. The molecule has 152 valence electrons. The highest BCUT2D eigenvalue weighted by Gasteiger charge is 2.32. The lowest BCUT2D eigenvalue weighted by molar-refractivity contribution is 0.0522. The number of carbonyl (C=O) groups excluding carboxylic acids is 1. The van der Waals surface area contributed by atoms with Crippen molar-refractivity contribution >= 4 is 6.09 Å². The standard InChI is InChI=1S/C22H37N3O2/c1-21(2,3)27-20(26)24-14-7-15-25-16-12-22(18-23,13-17-25)11-10-19-8-5-4-6-9-19/h4-6,8-9H,7,10-18,23H2,1-3H3,(H,24,26). The number of nitrogens with two attached hydrogens (primary N) is 1. The van der Waals surface area contributed by atoms with Gasteiger partial charge in [0.2, 0.25) is 0 Å². The monoisotopic (exact) mass is 375 g/mol. The molecule has 5 heteroatoms. The van der Waals surface area contributed by atoms with Crippen molar-refractivity contribution < 1.29 is 9.53 Å². The average molecular weight is 376 g/mol. The number of likely N-dealkylation sites (tertiary alicyclic amines) is 1. The molecule has 0 spiro atoms. The second-order valence-electron chi connectivity index (χ2n) is 8.81. The lowest BCUT2D eigenvalue weighted by Crippen LogP contribution is -2.45. The van der Waals surface area contributed by atoms with Gasteiger partial charge in [-0.2, -0.15) is 0 Å². The summed E-state index contributed by atoms with van der Waals surface area (Å²) in [4.78, 5) is 14.2. The molecule has 1 saturated heterocycles. The summed E-state index contributed by atoms with van der Waals surface area (Å²) in [5, 5.41) is 2.84. The fourth-order valence-electron chi connectivity index (χ4n) is 3.67. The average Bonchev–Trinajstić information content (AvgIpc) is 2.64. The third kappa shape index (κ3) is 7.89. The number of nitrogens with one attached hydrogen (secondary N) is 1. The summed E-state index contributed by atoms with van der Waals surface area (Å²) in [5.41, 5.74) is 7.41. The van der Waals surface area contributed by atoms with Gasteiger partial charge in [0.05, 0.1) is 0 Å². The maximum absolute atomic E-state index is 11.7. The fourth-order valence-corrected chi connectivity index (χ4v) is 3.67. The van der Waals surface area contributed by atoms with Gasteiger partial charge in [-0.1, -0.05) is 30.3 Å². The van der Waals surface area contributed by atoms with Crippen molar-refractivity contribution in [3.63, 3.8) is 0 Å². The largest absolute Gasteiger partial charge is 0.444 e. The molecule has 0 aliphatic carbocycles. The van der Waals surface area contributed by atoms with Gasteiger partial charge in [-0.05, 0) is 90.0 Å². The van der Waals surface area contributed by atoms with Crippen LogP contribution in [0.3, 0.4) is 0 Å². The van der Waals surface area contributed by atoms with E-state index in [1.807, 2.05) is 20.8 Å². The summed E-state index contributed by atoms with van der Waals surface area (Å²) in [7, 11) is 0. The Morgan fingerprint density at radius 3 is 2.48 bits per heavy atom. The minimum Gasteiger partial charge on any atom is -0.444 e. The number of aryl methyl sites for hydroxylation is 1. The van der Waals surface area contributed by atoms with Crippen LogP contribution in [0.5, 0.6) is 0 Å². The van der Waals surface area contributed by atoms with E-state index < -0.39 is 5.60 Å². The highest BCUT2D eigenvalue weighted by molar-refractivity contribution is 5.67. The van der Waals surface area contributed by atoms with Gasteiger partial charge in [0.15, 0.2) is 0 Å². The highest BCUT2D eigenvalue weighted by Crippen LogP contribution is 2.35. The van der Waals surface area contributed by atoms with Gasteiger partial charge >= 0.3 is 6.09 Å². The fraction of sp³-hybridized carbons (Fsp3) is 0.682. The topological polar surface area (TPSA) is 67.6 Å². The van der Waals surface area contributed by atoms with E-state index in [4.69, 9.17) is 10.5 Å². The van der Waals surface area contributed by atoms with E-state index in [9.17, 15) is 4.79 Å². The molecule has 0 unspecified atom stereocenters. The summed E-state index contributed by atoms with van der Waals surface area (Å²) in [5.74, 6) is 0. The third-order valence-corrected chi connectivity index (χ3v) is 5.46. The molecule has 1 amide bonds. The Hall–Kier alpha value is -1.59. The van der Waals surface area contributed by atoms with Crippen LogP contribution < -0.4 is 11.1 Å². The first-order chi connectivity index (χ1) is 12.8. The molecule has 2 rings (SSSR count). The number of rotatable bonds is 8. The first-order valence-corrected chi connectivity index (χ1v) is 10.3. The zero-order valence-corrected chi connectivity index (χ0v) is 17.3. The number of ether oxygens (including phenoxy) is 1. The van der Waals surface area contributed by atoms with Crippen molar-refractivity contribution in [3.8, 4) is 0 Å².